The third-order valence-corrected chi connectivity index (χ3v) is 5.51. The third kappa shape index (κ3) is 7.65. The van der Waals surface area contributed by atoms with Crippen LogP contribution < -0.4 is 5.32 Å². The highest BCUT2D eigenvalue weighted by Crippen LogP contribution is 2.28. The lowest BCUT2D eigenvalue weighted by molar-refractivity contribution is 0.0270. The summed E-state index contributed by atoms with van der Waals surface area (Å²) in [5.74, 6) is 0. The van der Waals surface area contributed by atoms with Crippen LogP contribution in [0.25, 0.3) is 5.57 Å². The van der Waals surface area contributed by atoms with E-state index in [2.05, 4.69) is 23.5 Å². The zero-order valence-electron chi connectivity index (χ0n) is 20.9. The molecule has 6 nitrogen and oxygen atoms in total. The minimum atomic E-state index is -0.505. The zero-order chi connectivity index (χ0) is 24.8. The quantitative estimate of drug-likeness (QED) is 0.573. The number of alkyl carbamates (subject to hydrolysis) is 1. The van der Waals surface area contributed by atoms with E-state index in [4.69, 9.17) is 9.47 Å². The molecule has 0 spiro atoms. The molecule has 0 aliphatic carbocycles. The molecule has 2 aromatic rings. The predicted octanol–water partition coefficient (Wildman–Crippen LogP) is 5.96. The Bertz CT molecular complexity index is 1020. The first-order chi connectivity index (χ1) is 16.0. The van der Waals surface area contributed by atoms with Crippen LogP contribution in [0.1, 0.15) is 57.7 Å². The van der Waals surface area contributed by atoms with Gasteiger partial charge in [-0.15, -0.1) is 0 Å². The molecule has 0 unspecified atom stereocenters. The van der Waals surface area contributed by atoms with Crippen molar-refractivity contribution in [2.75, 3.05) is 13.1 Å². The monoisotopic (exact) mass is 464 g/mol. The first kappa shape index (κ1) is 25.3. The van der Waals surface area contributed by atoms with Gasteiger partial charge in [-0.3, -0.25) is 0 Å². The largest absolute Gasteiger partial charge is 0.445 e. The molecule has 34 heavy (non-hydrogen) atoms. The summed E-state index contributed by atoms with van der Waals surface area (Å²) in [6.07, 6.45) is 2.78. The standard InChI is InChI=1S/C28H36N2O4/c1-27(2,3)34-26(32)30-17-15-22(16-18-30)24-14-10-9-13-23(24)19-28(4,5)29-25(31)33-20-21-11-7-6-8-12-21/h6-15H,16-20H2,1-5H3,(H,29,31). The molecule has 2 amide bonds. The van der Waals surface area contributed by atoms with Gasteiger partial charge in [0.2, 0.25) is 0 Å². The highest BCUT2D eigenvalue weighted by atomic mass is 16.6. The average Bonchev–Trinajstić information content (AvgIpc) is 2.77. The second-order valence-corrected chi connectivity index (χ2v) is 10.3. The number of hydrogen-bond donors (Lipinski definition) is 1. The van der Waals surface area contributed by atoms with Gasteiger partial charge in [0.1, 0.15) is 12.2 Å². The maximum absolute atomic E-state index is 12.4. The van der Waals surface area contributed by atoms with Crippen molar-refractivity contribution in [2.45, 2.75) is 65.2 Å². The van der Waals surface area contributed by atoms with E-state index in [1.165, 1.54) is 5.57 Å². The summed E-state index contributed by atoms with van der Waals surface area (Å²) in [7, 11) is 0. The fourth-order valence-corrected chi connectivity index (χ4v) is 3.95. The van der Waals surface area contributed by atoms with E-state index in [-0.39, 0.29) is 12.7 Å². The molecule has 0 bridgehead atoms. The number of amides is 2. The van der Waals surface area contributed by atoms with Gasteiger partial charge in [0, 0.05) is 18.6 Å². The number of hydrogen-bond acceptors (Lipinski definition) is 4. The summed E-state index contributed by atoms with van der Waals surface area (Å²) in [5, 5.41) is 3.00. The summed E-state index contributed by atoms with van der Waals surface area (Å²) in [4.78, 5) is 26.5. The summed E-state index contributed by atoms with van der Waals surface area (Å²) < 4.78 is 10.9. The van der Waals surface area contributed by atoms with Crippen molar-refractivity contribution in [1.29, 1.82) is 0 Å². The van der Waals surface area contributed by atoms with Crippen molar-refractivity contribution < 1.29 is 19.1 Å². The minimum absolute atomic E-state index is 0.236. The summed E-state index contributed by atoms with van der Waals surface area (Å²) in [6, 6.07) is 17.9. The predicted molar refractivity (Wildman–Crippen MR) is 134 cm³/mol. The van der Waals surface area contributed by atoms with Crippen LogP contribution in [0.4, 0.5) is 9.59 Å². The lowest BCUT2D eigenvalue weighted by Crippen LogP contribution is -2.45. The van der Waals surface area contributed by atoms with Crippen LogP contribution in [0.3, 0.4) is 0 Å². The van der Waals surface area contributed by atoms with E-state index in [9.17, 15) is 9.59 Å². The Hall–Kier alpha value is -3.28. The van der Waals surface area contributed by atoms with Crippen LogP contribution >= 0.6 is 0 Å². The molecular formula is C28H36N2O4. The van der Waals surface area contributed by atoms with E-state index >= 15 is 0 Å². The van der Waals surface area contributed by atoms with Crippen molar-refractivity contribution >= 4 is 17.8 Å². The Labute approximate surface area is 202 Å². The van der Waals surface area contributed by atoms with E-state index in [0.29, 0.717) is 19.5 Å². The molecule has 1 aliphatic rings. The van der Waals surface area contributed by atoms with E-state index in [1.54, 1.807) is 4.90 Å². The highest BCUT2D eigenvalue weighted by molar-refractivity contribution is 5.74. The van der Waals surface area contributed by atoms with Gasteiger partial charge in [-0.1, -0.05) is 60.7 Å². The molecule has 6 heteroatoms. The number of ether oxygens (including phenoxy) is 2. The van der Waals surface area contributed by atoms with Crippen LogP contribution in [0.2, 0.25) is 0 Å². The fourth-order valence-electron chi connectivity index (χ4n) is 3.95. The van der Waals surface area contributed by atoms with Crippen LogP contribution in [-0.2, 0) is 22.5 Å². The number of nitrogens with zero attached hydrogens (tertiary/aromatic N) is 1. The molecule has 0 atom stereocenters. The number of nitrogens with one attached hydrogen (secondary N) is 1. The molecule has 0 radical (unpaired) electrons. The second-order valence-electron chi connectivity index (χ2n) is 10.3. The zero-order valence-corrected chi connectivity index (χ0v) is 20.9. The van der Waals surface area contributed by atoms with Gasteiger partial charge in [0.15, 0.2) is 0 Å². The van der Waals surface area contributed by atoms with Gasteiger partial charge in [-0.2, -0.15) is 0 Å². The van der Waals surface area contributed by atoms with Crippen molar-refractivity contribution in [3.63, 3.8) is 0 Å². The average molecular weight is 465 g/mol. The molecule has 1 N–H and O–H groups in total. The molecular weight excluding hydrogens is 428 g/mol. The molecule has 2 aromatic carbocycles. The van der Waals surface area contributed by atoms with Crippen molar-refractivity contribution in [1.82, 2.24) is 10.2 Å². The Kier molecular flexibility index (Phi) is 8.02. The number of rotatable bonds is 6. The smallest absolute Gasteiger partial charge is 0.410 e. The molecule has 1 aliphatic heterocycles. The summed E-state index contributed by atoms with van der Waals surface area (Å²) in [5.41, 5.74) is 3.45. The van der Waals surface area contributed by atoms with Crippen molar-refractivity contribution in [3.05, 3.63) is 77.4 Å². The van der Waals surface area contributed by atoms with Crippen LogP contribution in [0.15, 0.2) is 60.7 Å². The third-order valence-electron chi connectivity index (χ3n) is 5.51. The van der Waals surface area contributed by atoms with Crippen molar-refractivity contribution in [3.8, 4) is 0 Å². The minimum Gasteiger partial charge on any atom is -0.445 e. The van der Waals surface area contributed by atoms with Crippen molar-refractivity contribution in [2.24, 2.45) is 0 Å². The Morgan fingerprint density at radius 2 is 1.65 bits per heavy atom. The van der Waals surface area contributed by atoms with Crippen LogP contribution in [-0.4, -0.2) is 41.3 Å². The van der Waals surface area contributed by atoms with Gasteiger partial charge in [0.25, 0.3) is 0 Å². The Morgan fingerprint density at radius 1 is 0.971 bits per heavy atom. The van der Waals surface area contributed by atoms with Gasteiger partial charge in [0.05, 0.1) is 0 Å². The Morgan fingerprint density at radius 3 is 2.29 bits per heavy atom. The molecule has 3 rings (SSSR count). The topological polar surface area (TPSA) is 67.9 Å². The van der Waals surface area contributed by atoms with Crippen LogP contribution in [0.5, 0.6) is 0 Å². The molecule has 182 valence electrons. The normalized spacial score (nSPS) is 14.3. The van der Waals surface area contributed by atoms with E-state index < -0.39 is 17.2 Å². The van der Waals surface area contributed by atoms with E-state index in [1.807, 2.05) is 77.1 Å². The molecule has 1 heterocycles. The maximum Gasteiger partial charge on any atom is 0.410 e. The second kappa shape index (κ2) is 10.8. The highest BCUT2D eigenvalue weighted by Gasteiger charge is 2.26. The molecule has 0 saturated carbocycles. The van der Waals surface area contributed by atoms with Crippen LogP contribution in [0, 0.1) is 0 Å². The number of carbonyl (C=O) groups is 2. The van der Waals surface area contributed by atoms with Gasteiger partial charge in [-0.25, -0.2) is 9.59 Å². The van der Waals surface area contributed by atoms with Gasteiger partial charge >= 0.3 is 12.2 Å². The summed E-state index contributed by atoms with van der Waals surface area (Å²) in [6.45, 7) is 11.0. The van der Waals surface area contributed by atoms with Gasteiger partial charge < -0.3 is 19.7 Å². The SMILES string of the molecule is CC(C)(Cc1ccccc1C1=CCN(C(=O)OC(C)(C)C)CC1)NC(=O)OCc1ccccc1. The number of benzene rings is 2. The first-order valence-corrected chi connectivity index (χ1v) is 11.8. The first-order valence-electron chi connectivity index (χ1n) is 11.8. The lowest BCUT2D eigenvalue weighted by Gasteiger charge is -2.31. The Balaban J connectivity index is 1.62. The van der Waals surface area contributed by atoms with E-state index in [0.717, 1.165) is 23.1 Å². The molecule has 0 saturated heterocycles. The maximum atomic E-state index is 12.4. The molecule has 0 aromatic heterocycles. The molecule has 0 fully saturated rings. The van der Waals surface area contributed by atoms with Gasteiger partial charge in [-0.05, 0) is 69.7 Å². The number of carbonyl (C=O) groups excluding carboxylic acids is 2. The fraction of sp³-hybridized carbons (Fsp3) is 0.429. The summed E-state index contributed by atoms with van der Waals surface area (Å²) >= 11 is 0. The lowest BCUT2D eigenvalue weighted by atomic mass is 9.88.